The molecule has 20 heavy (non-hydrogen) atoms. The number of hydrogen-bond acceptors (Lipinski definition) is 5. The van der Waals surface area contributed by atoms with E-state index in [0.717, 1.165) is 12.1 Å². The molecule has 1 aromatic carbocycles. The zero-order chi connectivity index (χ0) is 15.3. The Morgan fingerprint density at radius 2 is 1.80 bits per heavy atom. The lowest BCUT2D eigenvalue weighted by atomic mass is 10.1. The van der Waals surface area contributed by atoms with E-state index in [-0.39, 0.29) is 5.56 Å². The van der Waals surface area contributed by atoms with E-state index < -0.39 is 34.6 Å². The number of ketones is 1. The number of carbonyl (C=O) groups is 2. The second-order valence-corrected chi connectivity index (χ2v) is 3.60. The van der Waals surface area contributed by atoms with E-state index in [1.165, 1.54) is 18.2 Å². The number of hydrogen-bond donors (Lipinski definition) is 3. The van der Waals surface area contributed by atoms with Crippen molar-refractivity contribution in [1.29, 1.82) is 5.26 Å². The average molecular weight is 276 g/mol. The molecule has 0 fully saturated rings. The molecular formula is C13H9FN2O4. The molecule has 0 saturated heterocycles. The van der Waals surface area contributed by atoms with Gasteiger partial charge in [0.15, 0.2) is 11.3 Å². The maximum Gasteiger partial charge on any atom is 0.263 e. The molecule has 1 aromatic rings. The van der Waals surface area contributed by atoms with Gasteiger partial charge in [-0.3, -0.25) is 9.59 Å². The van der Waals surface area contributed by atoms with Crippen molar-refractivity contribution in [3.63, 3.8) is 0 Å². The largest absolute Gasteiger partial charge is 0.507 e. The summed E-state index contributed by atoms with van der Waals surface area (Å²) in [5, 5.41) is 27.5. The van der Waals surface area contributed by atoms with Crippen molar-refractivity contribution in [2.45, 2.75) is 0 Å². The van der Waals surface area contributed by atoms with Crippen LogP contribution in [0.3, 0.4) is 0 Å². The normalized spacial score (nSPS) is 12.3. The third-order valence-corrected chi connectivity index (χ3v) is 2.24. The van der Waals surface area contributed by atoms with Crippen LogP contribution in [-0.2, 0) is 9.59 Å². The molecule has 0 heterocycles. The van der Waals surface area contributed by atoms with Crippen LogP contribution in [0.1, 0.15) is 5.56 Å². The molecule has 4 N–H and O–H groups in total. The zero-order valence-electron chi connectivity index (χ0n) is 10.0. The summed E-state index contributed by atoms with van der Waals surface area (Å²) in [6.07, 6.45) is 0.586. The van der Waals surface area contributed by atoms with Crippen LogP contribution < -0.4 is 5.73 Å². The predicted molar refractivity (Wildman–Crippen MR) is 66.5 cm³/mol. The van der Waals surface area contributed by atoms with Gasteiger partial charge in [0.25, 0.3) is 5.91 Å². The van der Waals surface area contributed by atoms with Crippen LogP contribution in [-0.4, -0.2) is 21.9 Å². The van der Waals surface area contributed by atoms with E-state index in [2.05, 4.69) is 0 Å². The summed E-state index contributed by atoms with van der Waals surface area (Å²) in [5.41, 5.74) is 3.99. The minimum absolute atomic E-state index is 0.116. The fraction of sp³-hybridized carbons (Fsp3) is 0. The van der Waals surface area contributed by atoms with Crippen LogP contribution in [0.4, 0.5) is 4.39 Å². The molecule has 7 heteroatoms. The van der Waals surface area contributed by atoms with E-state index in [9.17, 15) is 24.2 Å². The molecule has 0 spiro atoms. The Hall–Kier alpha value is -3.14. The molecule has 0 aliphatic heterocycles. The van der Waals surface area contributed by atoms with E-state index in [1.54, 1.807) is 0 Å². The van der Waals surface area contributed by atoms with E-state index in [0.29, 0.717) is 6.08 Å². The van der Waals surface area contributed by atoms with Crippen molar-refractivity contribution in [1.82, 2.24) is 0 Å². The van der Waals surface area contributed by atoms with E-state index >= 15 is 0 Å². The van der Waals surface area contributed by atoms with Gasteiger partial charge in [0.2, 0.25) is 5.78 Å². The van der Waals surface area contributed by atoms with Gasteiger partial charge in [-0.05, 0) is 24.3 Å². The molecule has 6 nitrogen and oxygen atoms in total. The van der Waals surface area contributed by atoms with Gasteiger partial charge in [0.1, 0.15) is 17.6 Å². The summed E-state index contributed by atoms with van der Waals surface area (Å²) < 4.78 is 12.7. The van der Waals surface area contributed by atoms with Crippen LogP contribution in [0.25, 0.3) is 5.76 Å². The van der Waals surface area contributed by atoms with Crippen LogP contribution in [0.2, 0.25) is 0 Å². The predicted octanol–water partition coefficient (Wildman–Crippen LogP) is 1.11. The molecule has 0 bridgehead atoms. The summed E-state index contributed by atoms with van der Waals surface area (Å²) in [5.74, 6) is -4.72. The first-order valence-electron chi connectivity index (χ1n) is 5.21. The number of nitrogens with zero attached hydrogens (tertiary/aromatic N) is 1. The molecule has 0 atom stereocenters. The van der Waals surface area contributed by atoms with Crippen molar-refractivity contribution >= 4 is 17.4 Å². The molecule has 0 aromatic heterocycles. The van der Waals surface area contributed by atoms with Gasteiger partial charge in [0, 0.05) is 11.6 Å². The maximum atomic E-state index is 12.7. The highest BCUT2D eigenvalue weighted by molar-refractivity contribution is 6.12. The first-order chi connectivity index (χ1) is 9.36. The lowest BCUT2D eigenvalue weighted by Crippen LogP contribution is -2.17. The van der Waals surface area contributed by atoms with Crippen molar-refractivity contribution in [3.05, 3.63) is 53.1 Å². The number of aliphatic hydroxyl groups excluding tert-OH is 2. The quantitative estimate of drug-likeness (QED) is 0.431. The highest BCUT2D eigenvalue weighted by Gasteiger charge is 2.17. The Bertz CT molecular complexity index is 654. The number of rotatable bonds is 4. The second kappa shape index (κ2) is 6.15. The lowest BCUT2D eigenvalue weighted by Gasteiger charge is -2.01. The van der Waals surface area contributed by atoms with Crippen LogP contribution in [0, 0.1) is 17.1 Å². The second-order valence-electron chi connectivity index (χ2n) is 3.60. The summed E-state index contributed by atoms with van der Waals surface area (Å²) in [6, 6.07) is 5.80. The SMILES string of the molecule is N#C/C(C(N)=O)=C(/O)C(=O)C=C(O)c1ccc(F)cc1. The highest BCUT2D eigenvalue weighted by atomic mass is 19.1. The Labute approximate surface area is 112 Å². The van der Waals surface area contributed by atoms with Crippen LogP contribution in [0.5, 0.6) is 0 Å². The third-order valence-electron chi connectivity index (χ3n) is 2.24. The monoisotopic (exact) mass is 276 g/mol. The Morgan fingerprint density at radius 1 is 1.25 bits per heavy atom. The molecule has 0 unspecified atom stereocenters. The molecule has 0 aliphatic carbocycles. The summed E-state index contributed by atoms with van der Waals surface area (Å²) in [6.45, 7) is 0. The summed E-state index contributed by atoms with van der Waals surface area (Å²) in [4.78, 5) is 22.3. The summed E-state index contributed by atoms with van der Waals surface area (Å²) in [7, 11) is 0. The standard InChI is InChI=1S/C13H9FN2O4/c14-8-3-1-7(2-4-8)10(17)5-11(18)12(19)9(6-15)13(16)20/h1-5,17,19H,(H2,16,20)/b10-5?,12-9-. The van der Waals surface area contributed by atoms with Crippen molar-refractivity contribution in [2.75, 3.05) is 0 Å². The number of aliphatic hydroxyl groups is 2. The molecule has 0 aliphatic rings. The van der Waals surface area contributed by atoms with Crippen LogP contribution in [0.15, 0.2) is 41.7 Å². The number of halogens is 1. The number of benzene rings is 1. The lowest BCUT2D eigenvalue weighted by molar-refractivity contribution is -0.116. The number of primary amides is 1. The fourth-order valence-electron chi connectivity index (χ4n) is 1.24. The smallest absolute Gasteiger partial charge is 0.263 e. The first-order valence-corrected chi connectivity index (χ1v) is 5.21. The highest BCUT2D eigenvalue weighted by Crippen LogP contribution is 2.13. The zero-order valence-corrected chi connectivity index (χ0v) is 10.0. The van der Waals surface area contributed by atoms with Gasteiger partial charge in [-0.2, -0.15) is 5.26 Å². The van der Waals surface area contributed by atoms with Gasteiger partial charge in [-0.1, -0.05) is 0 Å². The number of nitrogens with two attached hydrogens (primary N) is 1. The third kappa shape index (κ3) is 3.43. The molecular weight excluding hydrogens is 267 g/mol. The Kier molecular flexibility index (Phi) is 4.59. The van der Waals surface area contributed by atoms with Gasteiger partial charge in [0.05, 0.1) is 0 Å². The first kappa shape index (κ1) is 14.9. The minimum Gasteiger partial charge on any atom is -0.507 e. The van der Waals surface area contributed by atoms with Crippen molar-refractivity contribution < 1.29 is 24.2 Å². The number of allylic oxidation sites excluding steroid dienone is 1. The van der Waals surface area contributed by atoms with Gasteiger partial charge in [-0.25, -0.2) is 4.39 Å². The fourth-order valence-corrected chi connectivity index (χ4v) is 1.24. The minimum atomic E-state index is -1.27. The molecule has 0 saturated carbocycles. The van der Waals surface area contributed by atoms with Gasteiger partial charge < -0.3 is 15.9 Å². The molecule has 1 amide bonds. The van der Waals surface area contributed by atoms with Crippen molar-refractivity contribution in [3.8, 4) is 6.07 Å². The number of amides is 1. The molecule has 102 valence electrons. The maximum absolute atomic E-state index is 12.7. The molecule has 1 rings (SSSR count). The van der Waals surface area contributed by atoms with E-state index in [1.807, 2.05) is 0 Å². The summed E-state index contributed by atoms with van der Waals surface area (Å²) >= 11 is 0. The van der Waals surface area contributed by atoms with Crippen LogP contribution >= 0.6 is 0 Å². The topological polar surface area (TPSA) is 124 Å². The van der Waals surface area contributed by atoms with Gasteiger partial charge >= 0.3 is 0 Å². The Morgan fingerprint density at radius 3 is 2.25 bits per heavy atom. The van der Waals surface area contributed by atoms with E-state index in [4.69, 9.17) is 11.0 Å². The van der Waals surface area contributed by atoms with Gasteiger partial charge in [-0.15, -0.1) is 0 Å². The molecule has 0 radical (unpaired) electrons. The number of nitriles is 1. The van der Waals surface area contributed by atoms with Crippen molar-refractivity contribution in [2.24, 2.45) is 5.73 Å². The number of carbonyl (C=O) groups excluding carboxylic acids is 2. The average Bonchev–Trinajstić information content (AvgIpc) is 2.39. The Balaban J connectivity index is 3.11.